The van der Waals surface area contributed by atoms with Crippen molar-refractivity contribution in [2.45, 2.75) is 6.92 Å². The van der Waals surface area contributed by atoms with Crippen molar-refractivity contribution in [2.24, 2.45) is 4.99 Å². The van der Waals surface area contributed by atoms with Crippen LogP contribution < -0.4 is 0 Å². The molecule has 32 heavy (non-hydrogen) atoms. The lowest BCUT2D eigenvalue weighted by molar-refractivity contribution is -0.145. The van der Waals surface area contributed by atoms with Crippen molar-refractivity contribution in [3.05, 3.63) is 71.3 Å². The quantitative estimate of drug-likeness (QED) is 0.245. The number of aliphatic hydroxyl groups excluding tert-OH is 1. The standard InChI is InChI=1S/C24H24N2O6/c1-16-8-10-18(11-9-16)25-20(24(30)31-2)19(21(27)17-6-4-3-5-7-17)22(28)23(29)26-12-14-32-15-13-26/h3-11,27H,12-15H2,1-2H3. The highest BCUT2D eigenvalue weighted by atomic mass is 16.5. The fourth-order valence-electron chi connectivity index (χ4n) is 3.13. The van der Waals surface area contributed by atoms with Crippen molar-refractivity contribution >= 4 is 34.8 Å². The number of nitrogens with zero attached hydrogens (tertiary/aromatic N) is 2. The lowest BCUT2D eigenvalue weighted by atomic mass is 9.98. The van der Waals surface area contributed by atoms with Gasteiger partial charge in [-0.15, -0.1) is 0 Å². The summed E-state index contributed by atoms with van der Waals surface area (Å²) in [6.07, 6.45) is 0. The third-order valence-corrected chi connectivity index (χ3v) is 4.89. The number of esters is 1. The second-order valence-electron chi connectivity index (χ2n) is 7.11. The fraction of sp³-hybridized carbons (Fsp3) is 0.250. The molecule has 1 saturated heterocycles. The number of hydrogen-bond donors (Lipinski definition) is 1. The third-order valence-electron chi connectivity index (χ3n) is 4.89. The number of morpholine rings is 1. The minimum Gasteiger partial charge on any atom is -0.506 e. The van der Waals surface area contributed by atoms with E-state index in [-0.39, 0.29) is 18.7 Å². The molecule has 0 aliphatic carbocycles. The minimum absolute atomic E-state index is 0.229. The number of hydrogen-bond acceptors (Lipinski definition) is 7. The Kier molecular flexibility index (Phi) is 7.51. The van der Waals surface area contributed by atoms with Gasteiger partial charge in [-0.25, -0.2) is 9.79 Å². The smallest absolute Gasteiger partial charge is 0.357 e. The number of aryl methyl sites for hydroxylation is 1. The Balaban J connectivity index is 2.16. The lowest BCUT2D eigenvalue weighted by Gasteiger charge is -2.26. The van der Waals surface area contributed by atoms with Crippen molar-refractivity contribution in [1.29, 1.82) is 0 Å². The zero-order chi connectivity index (χ0) is 23.1. The van der Waals surface area contributed by atoms with E-state index in [4.69, 9.17) is 9.47 Å². The number of benzene rings is 2. The van der Waals surface area contributed by atoms with Gasteiger partial charge in [0.2, 0.25) is 0 Å². The molecule has 0 bridgehead atoms. The van der Waals surface area contributed by atoms with E-state index in [0.717, 1.165) is 12.7 Å². The van der Waals surface area contributed by atoms with Gasteiger partial charge in [0.15, 0.2) is 5.71 Å². The molecule has 8 nitrogen and oxygen atoms in total. The van der Waals surface area contributed by atoms with Crippen LogP contribution >= 0.6 is 0 Å². The molecule has 1 aliphatic heterocycles. The normalized spacial score (nSPS) is 15.1. The number of carbonyl (C=O) groups is 3. The molecular weight excluding hydrogens is 412 g/mol. The zero-order valence-electron chi connectivity index (χ0n) is 17.9. The van der Waals surface area contributed by atoms with Crippen molar-refractivity contribution in [3.8, 4) is 0 Å². The summed E-state index contributed by atoms with van der Waals surface area (Å²) in [5, 5.41) is 11.0. The molecule has 3 rings (SSSR count). The predicted molar refractivity (Wildman–Crippen MR) is 119 cm³/mol. The first kappa shape index (κ1) is 22.9. The number of ketones is 1. The Morgan fingerprint density at radius 3 is 2.22 bits per heavy atom. The van der Waals surface area contributed by atoms with Crippen LogP contribution in [-0.4, -0.2) is 66.8 Å². The summed E-state index contributed by atoms with van der Waals surface area (Å²) < 4.78 is 10.1. The average Bonchev–Trinajstić information content (AvgIpc) is 2.84. The first-order valence-corrected chi connectivity index (χ1v) is 10.1. The number of ether oxygens (including phenoxy) is 2. The molecule has 0 spiro atoms. The molecule has 0 radical (unpaired) electrons. The number of amides is 1. The highest BCUT2D eigenvalue weighted by Gasteiger charge is 2.35. The van der Waals surface area contributed by atoms with Crippen LogP contribution in [0.2, 0.25) is 0 Å². The number of aliphatic imine (C=N–C) groups is 1. The maximum absolute atomic E-state index is 13.3. The predicted octanol–water partition coefficient (Wildman–Crippen LogP) is 2.64. The molecule has 166 valence electrons. The van der Waals surface area contributed by atoms with Crippen LogP contribution in [-0.2, 0) is 23.9 Å². The van der Waals surface area contributed by atoms with Crippen LogP contribution in [0.4, 0.5) is 5.69 Å². The topological polar surface area (TPSA) is 106 Å². The van der Waals surface area contributed by atoms with Gasteiger partial charge in [-0.2, -0.15) is 0 Å². The van der Waals surface area contributed by atoms with E-state index < -0.39 is 34.7 Å². The number of aliphatic hydroxyl groups is 1. The highest BCUT2D eigenvalue weighted by Crippen LogP contribution is 2.23. The Morgan fingerprint density at radius 1 is 1.00 bits per heavy atom. The highest BCUT2D eigenvalue weighted by molar-refractivity contribution is 6.60. The SMILES string of the molecule is COC(=O)C(=Nc1ccc(C)cc1)C(C(=O)C(=O)N1CCOCC1)=C(O)c1ccccc1. The molecule has 0 unspecified atom stereocenters. The first-order valence-electron chi connectivity index (χ1n) is 10.1. The van der Waals surface area contributed by atoms with Gasteiger partial charge in [0, 0.05) is 18.7 Å². The maximum Gasteiger partial charge on any atom is 0.357 e. The van der Waals surface area contributed by atoms with E-state index >= 15 is 0 Å². The maximum atomic E-state index is 13.3. The molecule has 0 atom stereocenters. The Labute approximate surface area is 185 Å². The van der Waals surface area contributed by atoms with Gasteiger partial charge in [-0.3, -0.25) is 9.59 Å². The van der Waals surface area contributed by atoms with Crippen molar-refractivity contribution in [3.63, 3.8) is 0 Å². The molecule has 8 heteroatoms. The van der Waals surface area contributed by atoms with Crippen LogP contribution in [0, 0.1) is 6.92 Å². The summed E-state index contributed by atoms with van der Waals surface area (Å²) in [5.41, 5.74) is 0.626. The van der Waals surface area contributed by atoms with Gasteiger partial charge in [0.1, 0.15) is 11.3 Å². The van der Waals surface area contributed by atoms with E-state index in [1.807, 2.05) is 6.92 Å². The molecular formula is C24H24N2O6. The summed E-state index contributed by atoms with van der Waals surface area (Å²) in [5.74, 6) is -3.39. The molecule has 1 aliphatic rings. The van der Waals surface area contributed by atoms with Crippen molar-refractivity contribution in [1.82, 2.24) is 4.90 Å². The molecule has 2 aromatic rings. The minimum atomic E-state index is -1.05. The van der Waals surface area contributed by atoms with Gasteiger partial charge >= 0.3 is 5.97 Å². The van der Waals surface area contributed by atoms with Crippen LogP contribution in [0.25, 0.3) is 5.76 Å². The molecule has 0 aromatic heterocycles. The van der Waals surface area contributed by atoms with Gasteiger partial charge in [0.25, 0.3) is 11.7 Å². The van der Waals surface area contributed by atoms with E-state index in [2.05, 4.69) is 4.99 Å². The fourth-order valence-corrected chi connectivity index (χ4v) is 3.13. The van der Waals surface area contributed by atoms with Gasteiger partial charge in [-0.1, -0.05) is 48.0 Å². The van der Waals surface area contributed by atoms with E-state index in [1.165, 1.54) is 4.90 Å². The van der Waals surface area contributed by atoms with Gasteiger partial charge in [-0.05, 0) is 19.1 Å². The van der Waals surface area contributed by atoms with E-state index in [9.17, 15) is 19.5 Å². The number of carbonyl (C=O) groups excluding carboxylic acids is 3. The first-order chi connectivity index (χ1) is 15.4. The average molecular weight is 436 g/mol. The second-order valence-corrected chi connectivity index (χ2v) is 7.11. The van der Waals surface area contributed by atoms with E-state index in [0.29, 0.717) is 18.9 Å². The Hall–Kier alpha value is -3.78. The molecule has 2 aromatic carbocycles. The van der Waals surface area contributed by atoms with Crippen LogP contribution in [0.5, 0.6) is 0 Å². The second kappa shape index (κ2) is 10.5. The lowest BCUT2D eigenvalue weighted by Crippen LogP contribution is -2.45. The largest absolute Gasteiger partial charge is 0.506 e. The monoisotopic (exact) mass is 436 g/mol. The van der Waals surface area contributed by atoms with Gasteiger partial charge < -0.3 is 19.5 Å². The van der Waals surface area contributed by atoms with Crippen LogP contribution in [0.3, 0.4) is 0 Å². The zero-order valence-corrected chi connectivity index (χ0v) is 17.9. The molecule has 1 heterocycles. The summed E-state index contributed by atoms with van der Waals surface area (Å²) >= 11 is 0. The number of rotatable bonds is 6. The summed E-state index contributed by atoms with van der Waals surface area (Å²) in [6.45, 7) is 2.94. The summed E-state index contributed by atoms with van der Waals surface area (Å²) in [6, 6.07) is 15.1. The van der Waals surface area contributed by atoms with Gasteiger partial charge in [0.05, 0.1) is 26.0 Å². The molecule has 1 N–H and O–H groups in total. The van der Waals surface area contributed by atoms with Crippen LogP contribution in [0.1, 0.15) is 11.1 Å². The third kappa shape index (κ3) is 5.28. The molecule has 1 amide bonds. The van der Waals surface area contributed by atoms with Crippen molar-refractivity contribution in [2.75, 3.05) is 33.4 Å². The van der Waals surface area contributed by atoms with Crippen LogP contribution in [0.15, 0.2) is 65.2 Å². The Bertz CT molecular complexity index is 1050. The molecule has 0 saturated carbocycles. The van der Waals surface area contributed by atoms with E-state index in [1.54, 1.807) is 54.6 Å². The summed E-state index contributed by atoms with van der Waals surface area (Å²) in [4.78, 5) is 44.5. The summed E-state index contributed by atoms with van der Waals surface area (Å²) in [7, 11) is 1.14. The Morgan fingerprint density at radius 2 is 1.62 bits per heavy atom. The van der Waals surface area contributed by atoms with Crippen molar-refractivity contribution < 1.29 is 29.0 Å². The molecule has 1 fully saturated rings. The number of Topliss-reactive ketones (excluding diaryl/α,β-unsaturated/α-hetero) is 1. The number of methoxy groups -OCH3 is 1.